The summed E-state index contributed by atoms with van der Waals surface area (Å²) in [5.41, 5.74) is 1.70. The first kappa shape index (κ1) is 10.3. The molecule has 0 fully saturated rings. The van der Waals surface area contributed by atoms with Gasteiger partial charge in [0.15, 0.2) is 0 Å². The van der Waals surface area contributed by atoms with Crippen LogP contribution in [0.25, 0.3) is 0 Å². The van der Waals surface area contributed by atoms with Gasteiger partial charge in [-0.25, -0.2) is 9.37 Å². The van der Waals surface area contributed by atoms with Gasteiger partial charge in [-0.05, 0) is 31.0 Å². The average molecular weight is 221 g/mol. The Balaban J connectivity index is 2.21. The predicted molar refractivity (Wildman–Crippen MR) is 60.8 cm³/mol. The molecule has 1 aromatic heterocycles. The number of thiazole rings is 1. The number of rotatable bonds is 2. The minimum absolute atomic E-state index is 0.131. The van der Waals surface area contributed by atoms with Crippen molar-refractivity contribution in [2.75, 3.05) is 0 Å². The van der Waals surface area contributed by atoms with Crippen LogP contribution >= 0.6 is 11.3 Å². The second-order valence-corrected chi connectivity index (χ2v) is 4.93. The van der Waals surface area contributed by atoms with Crippen LogP contribution in [0.4, 0.5) is 4.39 Å². The van der Waals surface area contributed by atoms with E-state index in [0.717, 1.165) is 17.0 Å². The fraction of sp³-hybridized carbons (Fsp3) is 0.250. The number of aryl methyl sites for hydroxylation is 2. The van der Waals surface area contributed by atoms with E-state index < -0.39 is 0 Å². The summed E-state index contributed by atoms with van der Waals surface area (Å²) in [6.07, 6.45) is 2.63. The zero-order valence-corrected chi connectivity index (χ0v) is 9.57. The summed E-state index contributed by atoms with van der Waals surface area (Å²) < 4.78 is 13.3. The zero-order valence-electron chi connectivity index (χ0n) is 8.75. The Morgan fingerprint density at radius 2 is 2.13 bits per heavy atom. The summed E-state index contributed by atoms with van der Waals surface area (Å²) in [6.45, 7) is 3.75. The first-order valence-electron chi connectivity index (χ1n) is 4.81. The molecule has 1 heterocycles. The van der Waals surface area contributed by atoms with E-state index >= 15 is 0 Å². The zero-order chi connectivity index (χ0) is 10.8. The highest BCUT2D eigenvalue weighted by atomic mass is 32.1. The summed E-state index contributed by atoms with van der Waals surface area (Å²) in [4.78, 5) is 5.35. The first-order chi connectivity index (χ1) is 7.15. The molecule has 2 rings (SSSR count). The Hall–Kier alpha value is -1.22. The second kappa shape index (κ2) is 4.11. The van der Waals surface area contributed by atoms with Gasteiger partial charge in [-0.1, -0.05) is 12.1 Å². The molecule has 0 saturated carbocycles. The molecule has 0 radical (unpaired) electrons. The normalized spacial score (nSPS) is 10.6. The van der Waals surface area contributed by atoms with Crippen LogP contribution in [0, 0.1) is 19.7 Å². The van der Waals surface area contributed by atoms with Gasteiger partial charge in [0.1, 0.15) is 5.82 Å². The topological polar surface area (TPSA) is 12.9 Å². The number of benzene rings is 1. The van der Waals surface area contributed by atoms with Crippen LogP contribution in [0.1, 0.15) is 21.0 Å². The van der Waals surface area contributed by atoms with E-state index in [1.807, 2.05) is 25.3 Å². The van der Waals surface area contributed by atoms with Crippen molar-refractivity contribution in [3.8, 4) is 0 Å². The van der Waals surface area contributed by atoms with Crippen LogP contribution in [0.15, 0.2) is 24.4 Å². The molecule has 3 heteroatoms. The van der Waals surface area contributed by atoms with Crippen LogP contribution in [-0.2, 0) is 6.42 Å². The third kappa shape index (κ3) is 2.42. The van der Waals surface area contributed by atoms with Gasteiger partial charge in [-0.15, -0.1) is 11.3 Å². The fourth-order valence-electron chi connectivity index (χ4n) is 1.43. The second-order valence-electron chi connectivity index (χ2n) is 3.61. The number of halogens is 1. The van der Waals surface area contributed by atoms with Crippen molar-refractivity contribution in [1.29, 1.82) is 0 Å². The molecule has 0 spiro atoms. The van der Waals surface area contributed by atoms with Gasteiger partial charge in [0.05, 0.1) is 5.01 Å². The van der Waals surface area contributed by atoms with E-state index in [4.69, 9.17) is 0 Å². The lowest BCUT2D eigenvalue weighted by Gasteiger charge is -2.00. The molecule has 1 nitrogen and oxygen atoms in total. The maximum absolute atomic E-state index is 13.3. The summed E-state index contributed by atoms with van der Waals surface area (Å²) in [5, 5.41) is 1.05. The Morgan fingerprint density at radius 3 is 2.73 bits per heavy atom. The van der Waals surface area contributed by atoms with E-state index in [9.17, 15) is 4.39 Å². The van der Waals surface area contributed by atoms with E-state index in [2.05, 4.69) is 4.98 Å². The fourth-order valence-corrected chi connectivity index (χ4v) is 2.26. The van der Waals surface area contributed by atoms with Gasteiger partial charge >= 0.3 is 0 Å². The number of hydrogen-bond donors (Lipinski definition) is 0. The van der Waals surface area contributed by atoms with Gasteiger partial charge in [0.2, 0.25) is 0 Å². The minimum atomic E-state index is -0.131. The molecule has 0 bridgehead atoms. The predicted octanol–water partition coefficient (Wildman–Crippen LogP) is 3.49. The van der Waals surface area contributed by atoms with Gasteiger partial charge in [0, 0.05) is 17.5 Å². The number of nitrogens with zero attached hydrogens (tertiary/aromatic N) is 1. The quantitative estimate of drug-likeness (QED) is 0.756. The van der Waals surface area contributed by atoms with Crippen LogP contribution in [0.5, 0.6) is 0 Å². The van der Waals surface area contributed by atoms with Crippen molar-refractivity contribution in [3.05, 3.63) is 51.2 Å². The standard InChI is InChI=1S/C12H12FNS/c1-8-3-4-10(6-12(8)13)5-11-7-14-9(2)15-11/h3-4,6-7H,5H2,1-2H3. The van der Waals surface area contributed by atoms with E-state index in [1.54, 1.807) is 24.3 Å². The lowest BCUT2D eigenvalue weighted by molar-refractivity contribution is 0.616. The molecule has 78 valence electrons. The van der Waals surface area contributed by atoms with Crippen molar-refractivity contribution in [2.45, 2.75) is 20.3 Å². The average Bonchev–Trinajstić information content (AvgIpc) is 2.58. The third-order valence-corrected chi connectivity index (χ3v) is 3.20. The lowest BCUT2D eigenvalue weighted by Crippen LogP contribution is -1.88. The lowest BCUT2D eigenvalue weighted by atomic mass is 10.1. The summed E-state index contributed by atoms with van der Waals surface area (Å²) in [5.74, 6) is -0.131. The molecular formula is C12H12FNS. The Labute approximate surface area is 92.6 Å². The SMILES string of the molecule is Cc1ncc(Cc2ccc(C)c(F)c2)s1. The van der Waals surface area contributed by atoms with Crippen molar-refractivity contribution in [3.63, 3.8) is 0 Å². The van der Waals surface area contributed by atoms with Crippen molar-refractivity contribution < 1.29 is 4.39 Å². The monoisotopic (exact) mass is 221 g/mol. The molecule has 15 heavy (non-hydrogen) atoms. The molecule has 0 aliphatic heterocycles. The molecule has 0 unspecified atom stereocenters. The molecule has 0 saturated heterocycles. The van der Waals surface area contributed by atoms with Gasteiger partial charge in [-0.3, -0.25) is 0 Å². The summed E-state index contributed by atoms with van der Waals surface area (Å²) >= 11 is 1.66. The highest BCUT2D eigenvalue weighted by Crippen LogP contribution is 2.18. The van der Waals surface area contributed by atoms with Crippen molar-refractivity contribution in [2.24, 2.45) is 0 Å². The Kier molecular flexibility index (Phi) is 2.82. The van der Waals surface area contributed by atoms with Crippen LogP contribution < -0.4 is 0 Å². The van der Waals surface area contributed by atoms with E-state index in [-0.39, 0.29) is 5.82 Å². The van der Waals surface area contributed by atoms with Gasteiger partial charge in [0.25, 0.3) is 0 Å². The Morgan fingerprint density at radius 1 is 1.33 bits per heavy atom. The van der Waals surface area contributed by atoms with E-state index in [1.165, 1.54) is 4.88 Å². The molecule has 0 aliphatic carbocycles. The molecule has 1 aromatic carbocycles. The van der Waals surface area contributed by atoms with E-state index in [0.29, 0.717) is 5.56 Å². The maximum Gasteiger partial charge on any atom is 0.126 e. The highest BCUT2D eigenvalue weighted by molar-refractivity contribution is 7.11. The first-order valence-corrected chi connectivity index (χ1v) is 5.63. The molecule has 2 aromatic rings. The molecule has 0 atom stereocenters. The molecule has 0 amide bonds. The third-order valence-electron chi connectivity index (χ3n) is 2.28. The molecular weight excluding hydrogens is 209 g/mol. The minimum Gasteiger partial charge on any atom is -0.250 e. The van der Waals surface area contributed by atoms with Crippen LogP contribution in [0.2, 0.25) is 0 Å². The highest BCUT2D eigenvalue weighted by Gasteiger charge is 2.03. The number of aromatic nitrogens is 1. The smallest absolute Gasteiger partial charge is 0.126 e. The number of hydrogen-bond acceptors (Lipinski definition) is 2. The van der Waals surface area contributed by atoms with Gasteiger partial charge in [-0.2, -0.15) is 0 Å². The summed E-state index contributed by atoms with van der Waals surface area (Å²) in [7, 11) is 0. The maximum atomic E-state index is 13.3. The largest absolute Gasteiger partial charge is 0.250 e. The molecule has 0 N–H and O–H groups in total. The van der Waals surface area contributed by atoms with Crippen LogP contribution in [0.3, 0.4) is 0 Å². The summed E-state index contributed by atoms with van der Waals surface area (Å²) in [6, 6.07) is 5.39. The van der Waals surface area contributed by atoms with Crippen molar-refractivity contribution >= 4 is 11.3 Å². The Bertz CT molecular complexity index is 476. The van der Waals surface area contributed by atoms with Crippen LogP contribution in [-0.4, -0.2) is 4.98 Å². The molecule has 0 aliphatic rings. The van der Waals surface area contributed by atoms with Gasteiger partial charge < -0.3 is 0 Å². The van der Waals surface area contributed by atoms with Crippen molar-refractivity contribution in [1.82, 2.24) is 4.98 Å².